The van der Waals surface area contributed by atoms with Crippen LogP contribution in [0.2, 0.25) is 0 Å². The molecular formula is C31H24N4O8. The number of hydrogen-bond acceptors (Lipinski definition) is 10. The normalized spacial score (nSPS) is 19.5. The van der Waals surface area contributed by atoms with Crippen molar-refractivity contribution in [1.82, 2.24) is 19.5 Å². The number of nitrogens with zero attached hydrogens (tertiary/aromatic N) is 3. The highest BCUT2D eigenvalue weighted by Crippen LogP contribution is 2.36. The van der Waals surface area contributed by atoms with E-state index < -0.39 is 48.0 Å². The van der Waals surface area contributed by atoms with E-state index >= 15 is 0 Å². The number of aromatic nitrogens is 4. The van der Waals surface area contributed by atoms with Gasteiger partial charge in [-0.3, -0.25) is 9.36 Å². The van der Waals surface area contributed by atoms with Gasteiger partial charge in [-0.1, -0.05) is 54.6 Å². The number of esters is 3. The molecular weight excluding hydrogens is 556 g/mol. The molecule has 0 spiro atoms. The molecule has 5 aromatic rings. The number of fused-ring (bicyclic) bond motifs is 1. The lowest BCUT2D eigenvalue weighted by Crippen LogP contribution is -2.41. The summed E-state index contributed by atoms with van der Waals surface area (Å²) in [6, 6.07) is 24.9. The topological polar surface area (TPSA) is 152 Å². The lowest BCUT2D eigenvalue weighted by molar-refractivity contribution is -0.0606. The molecule has 4 atom stereocenters. The molecule has 216 valence electrons. The maximum Gasteiger partial charge on any atom is 0.338 e. The van der Waals surface area contributed by atoms with Crippen molar-refractivity contribution in [3.63, 3.8) is 0 Å². The van der Waals surface area contributed by atoms with E-state index in [1.54, 1.807) is 91.0 Å². The quantitative estimate of drug-likeness (QED) is 0.214. The highest BCUT2D eigenvalue weighted by Gasteiger charge is 2.51. The van der Waals surface area contributed by atoms with E-state index in [4.69, 9.17) is 18.9 Å². The van der Waals surface area contributed by atoms with Crippen molar-refractivity contribution in [2.24, 2.45) is 0 Å². The molecule has 1 aliphatic rings. The molecule has 2 aromatic heterocycles. The molecule has 1 saturated heterocycles. The minimum atomic E-state index is -1.26. The highest BCUT2D eigenvalue weighted by atomic mass is 16.7. The Hall–Kier alpha value is -5.62. The van der Waals surface area contributed by atoms with Crippen LogP contribution in [0.1, 0.15) is 37.3 Å². The van der Waals surface area contributed by atoms with Crippen LogP contribution in [0.25, 0.3) is 11.2 Å². The molecule has 0 radical (unpaired) electrons. The van der Waals surface area contributed by atoms with E-state index in [-0.39, 0.29) is 28.9 Å². The van der Waals surface area contributed by atoms with Crippen molar-refractivity contribution in [2.75, 3.05) is 6.61 Å². The monoisotopic (exact) mass is 580 g/mol. The van der Waals surface area contributed by atoms with Gasteiger partial charge in [0, 0.05) is 0 Å². The Balaban J connectivity index is 1.37. The SMILES string of the molecule is O=C(OC[C@H]1O[C@@H](n2cnc3c(=O)[nH]cnc32)[C@@H](OC(=O)c2ccccc2)[C@H]1OC(=O)c1ccccc1)c1ccccc1. The van der Waals surface area contributed by atoms with E-state index in [0.29, 0.717) is 5.56 Å². The third kappa shape index (κ3) is 5.76. The standard InChI is InChI=1S/C31H24N4O8/c36-27-23-26(32-17-33-27)35(18-34-23)28-25(43-31(39)21-14-8-3-9-15-21)24(42-30(38)20-12-6-2-7-13-20)22(41-28)16-40-29(37)19-10-4-1-5-11-19/h1-15,17-18,22,24-25,28H,16H2,(H,32,33,36)/t22-,24+,25+,28-/m1/s1. The Morgan fingerprint density at radius 1 is 0.744 bits per heavy atom. The Bertz CT molecular complexity index is 1810. The summed E-state index contributed by atoms with van der Waals surface area (Å²) in [5.41, 5.74) is 0.491. The van der Waals surface area contributed by atoms with Gasteiger partial charge in [0.2, 0.25) is 0 Å². The van der Waals surface area contributed by atoms with Gasteiger partial charge in [-0.05, 0) is 36.4 Å². The number of carbonyl (C=O) groups excluding carboxylic acids is 3. The highest BCUT2D eigenvalue weighted by molar-refractivity contribution is 5.91. The van der Waals surface area contributed by atoms with Gasteiger partial charge in [-0.2, -0.15) is 0 Å². The van der Waals surface area contributed by atoms with Gasteiger partial charge in [-0.25, -0.2) is 24.4 Å². The zero-order valence-electron chi connectivity index (χ0n) is 22.4. The molecule has 12 nitrogen and oxygen atoms in total. The van der Waals surface area contributed by atoms with Crippen LogP contribution < -0.4 is 5.56 Å². The fraction of sp³-hybridized carbons (Fsp3) is 0.161. The third-order valence-electron chi connectivity index (χ3n) is 6.82. The summed E-state index contributed by atoms with van der Waals surface area (Å²) < 4.78 is 25.1. The second-order valence-electron chi connectivity index (χ2n) is 9.56. The minimum absolute atomic E-state index is 0.0241. The fourth-order valence-corrected chi connectivity index (χ4v) is 4.73. The molecule has 0 amide bonds. The van der Waals surface area contributed by atoms with E-state index in [1.165, 1.54) is 17.2 Å². The van der Waals surface area contributed by atoms with Crippen molar-refractivity contribution in [2.45, 2.75) is 24.5 Å². The largest absolute Gasteiger partial charge is 0.459 e. The van der Waals surface area contributed by atoms with Crippen LogP contribution in [0, 0.1) is 0 Å². The van der Waals surface area contributed by atoms with Gasteiger partial charge in [-0.15, -0.1) is 0 Å². The molecule has 1 aliphatic heterocycles. The average molecular weight is 581 g/mol. The van der Waals surface area contributed by atoms with Crippen LogP contribution >= 0.6 is 0 Å². The number of carbonyl (C=O) groups is 3. The predicted octanol–water partition coefficient (Wildman–Crippen LogP) is 3.33. The molecule has 1 fully saturated rings. The molecule has 0 unspecified atom stereocenters. The number of H-pyrrole nitrogens is 1. The summed E-state index contributed by atoms with van der Waals surface area (Å²) >= 11 is 0. The van der Waals surface area contributed by atoms with Gasteiger partial charge in [0.05, 0.1) is 29.3 Å². The van der Waals surface area contributed by atoms with E-state index in [9.17, 15) is 19.2 Å². The van der Waals surface area contributed by atoms with E-state index in [0.717, 1.165) is 0 Å². The maximum absolute atomic E-state index is 13.3. The van der Waals surface area contributed by atoms with Crippen molar-refractivity contribution < 1.29 is 33.3 Å². The zero-order chi connectivity index (χ0) is 29.8. The Kier molecular flexibility index (Phi) is 7.74. The first-order valence-electron chi connectivity index (χ1n) is 13.3. The summed E-state index contributed by atoms with van der Waals surface area (Å²) in [5.74, 6) is -2.04. The first kappa shape index (κ1) is 27.5. The third-order valence-corrected chi connectivity index (χ3v) is 6.82. The number of hydrogen-bond donors (Lipinski definition) is 1. The molecule has 1 N–H and O–H groups in total. The summed E-state index contributed by atoms with van der Waals surface area (Å²) in [4.78, 5) is 62.5. The number of nitrogens with one attached hydrogen (secondary N) is 1. The van der Waals surface area contributed by atoms with E-state index in [1.807, 2.05) is 0 Å². The molecule has 43 heavy (non-hydrogen) atoms. The van der Waals surface area contributed by atoms with Gasteiger partial charge in [0.25, 0.3) is 5.56 Å². The number of rotatable bonds is 8. The van der Waals surface area contributed by atoms with Gasteiger partial charge < -0.3 is 23.9 Å². The Morgan fingerprint density at radius 3 is 1.86 bits per heavy atom. The number of benzene rings is 3. The van der Waals surface area contributed by atoms with Crippen LogP contribution in [0.3, 0.4) is 0 Å². The fourth-order valence-electron chi connectivity index (χ4n) is 4.73. The lowest BCUT2D eigenvalue weighted by Gasteiger charge is -2.25. The summed E-state index contributed by atoms with van der Waals surface area (Å²) in [7, 11) is 0. The van der Waals surface area contributed by atoms with Crippen molar-refractivity contribution in [3.8, 4) is 0 Å². The van der Waals surface area contributed by atoms with Crippen molar-refractivity contribution >= 4 is 29.1 Å². The minimum Gasteiger partial charge on any atom is -0.459 e. The number of ether oxygens (including phenoxy) is 4. The van der Waals surface area contributed by atoms with Gasteiger partial charge >= 0.3 is 17.9 Å². The molecule has 6 rings (SSSR count). The summed E-state index contributed by atoms with van der Waals surface area (Å²) in [6.07, 6.45) is -2.24. The summed E-state index contributed by atoms with van der Waals surface area (Å²) in [6.45, 7) is -0.350. The van der Waals surface area contributed by atoms with E-state index in [2.05, 4.69) is 15.0 Å². The lowest BCUT2D eigenvalue weighted by atomic mass is 10.1. The molecule has 3 heterocycles. The molecule has 0 aliphatic carbocycles. The molecule has 12 heteroatoms. The van der Waals surface area contributed by atoms with Gasteiger partial charge in [0.1, 0.15) is 12.7 Å². The summed E-state index contributed by atoms with van der Waals surface area (Å²) in [5, 5.41) is 0. The van der Waals surface area contributed by atoms with Crippen LogP contribution in [-0.2, 0) is 18.9 Å². The zero-order valence-corrected chi connectivity index (χ0v) is 22.4. The van der Waals surface area contributed by atoms with Gasteiger partial charge in [0.15, 0.2) is 29.6 Å². The van der Waals surface area contributed by atoms with Crippen LogP contribution in [0.4, 0.5) is 0 Å². The maximum atomic E-state index is 13.3. The number of imidazole rings is 1. The average Bonchev–Trinajstić information content (AvgIpc) is 3.63. The van der Waals surface area contributed by atoms with Crippen LogP contribution in [0.15, 0.2) is 108 Å². The molecule has 0 bridgehead atoms. The smallest absolute Gasteiger partial charge is 0.338 e. The molecule has 0 saturated carbocycles. The second kappa shape index (κ2) is 12.1. The number of aromatic amines is 1. The van der Waals surface area contributed by atoms with Crippen molar-refractivity contribution in [3.05, 3.63) is 131 Å². The first-order chi connectivity index (χ1) is 21.0. The van der Waals surface area contributed by atoms with Crippen LogP contribution in [0.5, 0.6) is 0 Å². The second-order valence-corrected chi connectivity index (χ2v) is 9.56. The Morgan fingerprint density at radius 2 is 1.28 bits per heavy atom. The van der Waals surface area contributed by atoms with Crippen LogP contribution in [-0.4, -0.2) is 62.3 Å². The first-order valence-corrected chi connectivity index (χ1v) is 13.3. The Labute approximate surface area is 243 Å². The van der Waals surface area contributed by atoms with Crippen molar-refractivity contribution in [1.29, 1.82) is 0 Å². The molecule has 3 aromatic carbocycles. The predicted molar refractivity (Wildman–Crippen MR) is 150 cm³/mol.